The Morgan fingerprint density at radius 2 is 1.89 bits per heavy atom. The van der Waals surface area contributed by atoms with Crippen LogP contribution in [0.4, 0.5) is 0 Å². The van der Waals surface area contributed by atoms with E-state index < -0.39 is 0 Å². The van der Waals surface area contributed by atoms with Crippen LogP contribution >= 0.6 is 11.6 Å². The minimum Gasteiger partial charge on any atom is -0.504 e. The summed E-state index contributed by atoms with van der Waals surface area (Å²) in [4.78, 5) is 11.4. The van der Waals surface area contributed by atoms with E-state index >= 15 is 0 Å². The van der Waals surface area contributed by atoms with Crippen LogP contribution in [0.25, 0.3) is 22.4 Å². The fourth-order valence-corrected chi connectivity index (χ4v) is 1.93. The van der Waals surface area contributed by atoms with Crippen molar-refractivity contribution in [3.05, 3.63) is 35.6 Å². The molecule has 0 aliphatic heterocycles. The van der Waals surface area contributed by atoms with E-state index in [1.54, 1.807) is 18.3 Å². The van der Waals surface area contributed by atoms with Gasteiger partial charge in [-0.05, 0) is 24.3 Å². The van der Waals surface area contributed by atoms with E-state index in [1.807, 2.05) is 0 Å². The summed E-state index contributed by atoms with van der Waals surface area (Å²) in [6.07, 6.45) is 1.73. The molecule has 3 N–H and O–H groups in total. The van der Waals surface area contributed by atoms with E-state index in [2.05, 4.69) is 15.0 Å². The maximum absolute atomic E-state index is 9.46. The molecule has 0 aliphatic carbocycles. The van der Waals surface area contributed by atoms with E-state index in [9.17, 15) is 10.2 Å². The van der Waals surface area contributed by atoms with Crippen molar-refractivity contribution in [1.29, 1.82) is 0 Å². The largest absolute Gasteiger partial charge is 0.504 e. The first-order valence-corrected chi connectivity index (χ1v) is 5.56. The van der Waals surface area contributed by atoms with Crippen molar-refractivity contribution >= 4 is 22.6 Å². The van der Waals surface area contributed by atoms with Crippen LogP contribution in [0.2, 0.25) is 5.15 Å². The molecule has 2 aromatic heterocycles. The lowest BCUT2D eigenvalue weighted by molar-refractivity contribution is 0.404. The number of nitrogens with zero attached hydrogens (tertiary/aromatic N) is 2. The minimum atomic E-state index is -0.223. The summed E-state index contributed by atoms with van der Waals surface area (Å²) in [6.45, 7) is 0. The van der Waals surface area contributed by atoms with E-state index in [1.165, 1.54) is 12.1 Å². The number of hydrogen-bond donors (Lipinski definition) is 3. The molecule has 0 unspecified atom stereocenters. The molecule has 0 fully saturated rings. The third-order valence-electron chi connectivity index (χ3n) is 2.60. The molecule has 0 amide bonds. The van der Waals surface area contributed by atoms with E-state index in [4.69, 9.17) is 11.6 Å². The minimum absolute atomic E-state index is 0.189. The van der Waals surface area contributed by atoms with Crippen molar-refractivity contribution < 1.29 is 10.2 Å². The third kappa shape index (κ3) is 1.65. The van der Waals surface area contributed by atoms with Gasteiger partial charge in [-0.3, -0.25) is 0 Å². The SMILES string of the molecule is Oc1ccc(-c2nc(Cl)c3cc[nH]c3n2)cc1O. The molecule has 5 nitrogen and oxygen atoms in total. The van der Waals surface area contributed by atoms with Gasteiger partial charge in [-0.15, -0.1) is 0 Å². The number of nitrogens with one attached hydrogen (secondary N) is 1. The Hall–Kier alpha value is -2.27. The predicted molar refractivity (Wildman–Crippen MR) is 67.7 cm³/mol. The summed E-state index contributed by atoms with van der Waals surface area (Å²) in [6, 6.07) is 6.15. The number of hydrogen-bond acceptors (Lipinski definition) is 4. The lowest BCUT2D eigenvalue weighted by Gasteiger charge is -2.03. The van der Waals surface area contributed by atoms with Gasteiger partial charge in [0.1, 0.15) is 10.8 Å². The number of aromatic hydroxyl groups is 2. The second-order valence-electron chi connectivity index (χ2n) is 3.78. The number of halogens is 1. The molecule has 0 aliphatic rings. The van der Waals surface area contributed by atoms with Gasteiger partial charge in [0, 0.05) is 11.8 Å². The molecule has 0 saturated heterocycles. The normalized spacial score (nSPS) is 10.9. The van der Waals surface area contributed by atoms with E-state index in [0.717, 1.165) is 5.39 Å². The van der Waals surface area contributed by atoms with Crippen molar-refractivity contribution in [1.82, 2.24) is 15.0 Å². The maximum Gasteiger partial charge on any atom is 0.163 e. The number of aromatic nitrogens is 3. The molecule has 3 aromatic rings. The highest BCUT2D eigenvalue weighted by Crippen LogP contribution is 2.30. The summed E-state index contributed by atoms with van der Waals surface area (Å²) < 4.78 is 0. The van der Waals surface area contributed by atoms with Crippen molar-refractivity contribution in [2.75, 3.05) is 0 Å². The molecular formula is C12H8ClN3O2. The standard InChI is InChI=1S/C12H8ClN3O2/c13-10-7-3-4-14-12(7)16-11(15-10)6-1-2-8(17)9(18)5-6/h1-5,17-18H,(H,14,15,16). The van der Waals surface area contributed by atoms with Crippen molar-refractivity contribution in [2.45, 2.75) is 0 Å². The molecule has 90 valence electrons. The van der Waals surface area contributed by atoms with Crippen molar-refractivity contribution in [3.63, 3.8) is 0 Å². The molecule has 18 heavy (non-hydrogen) atoms. The van der Waals surface area contributed by atoms with Crippen molar-refractivity contribution in [3.8, 4) is 22.9 Å². The van der Waals surface area contributed by atoms with Crippen LogP contribution in [0.3, 0.4) is 0 Å². The van der Waals surface area contributed by atoms with Crippen LogP contribution in [0, 0.1) is 0 Å². The van der Waals surface area contributed by atoms with Gasteiger partial charge < -0.3 is 15.2 Å². The van der Waals surface area contributed by atoms with Gasteiger partial charge in [-0.2, -0.15) is 0 Å². The molecule has 0 atom stereocenters. The predicted octanol–water partition coefficient (Wildman–Crippen LogP) is 2.69. The first-order chi connectivity index (χ1) is 8.65. The molecule has 0 radical (unpaired) electrons. The number of phenolic OH excluding ortho intramolecular Hbond substituents is 2. The Balaban J connectivity index is 2.21. The Morgan fingerprint density at radius 1 is 1.06 bits per heavy atom. The first-order valence-electron chi connectivity index (χ1n) is 5.18. The van der Waals surface area contributed by atoms with Crippen LogP contribution in [-0.4, -0.2) is 25.2 Å². The average Bonchev–Trinajstić information content (AvgIpc) is 2.81. The summed E-state index contributed by atoms with van der Waals surface area (Å²) >= 11 is 6.04. The zero-order chi connectivity index (χ0) is 12.7. The highest BCUT2D eigenvalue weighted by atomic mass is 35.5. The zero-order valence-electron chi connectivity index (χ0n) is 9.05. The number of benzene rings is 1. The topological polar surface area (TPSA) is 82.0 Å². The fraction of sp³-hybridized carbons (Fsp3) is 0. The second kappa shape index (κ2) is 3.89. The van der Waals surface area contributed by atoms with Gasteiger partial charge in [0.2, 0.25) is 0 Å². The van der Waals surface area contributed by atoms with Crippen LogP contribution in [0.5, 0.6) is 11.5 Å². The van der Waals surface area contributed by atoms with E-state index in [0.29, 0.717) is 22.2 Å². The summed E-state index contributed by atoms with van der Waals surface area (Å²) in [5.74, 6) is -0.0325. The average molecular weight is 262 g/mol. The summed E-state index contributed by atoms with van der Waals surface area (Å²) in [7, 11) is 0. The lowest BCUT2D eigenvalue weighted by atomic mass is 10.2. The highest BCUT2D eigenvalue weighted by molar-refractivity contribution is 6.34. The van der Waals surface area contributed by atoms with Crippen LogP contribution in [0.15, 0.2) is 30.5 Å². The van der Waals surface area contributed by atoms with Gasteiger partial charge in [-0.25, -0.2) is 9.97 Å². The molecule has 2 heterocycles. The molecular weight excluding hydrogens is 254 g/mol. The van der Waals surface area contributed by atoms with Crippen molar-refractivity contribution in [2.24, 2.45) is 0 Å². The van der Waals surface area contributed by atoms with Gasteiger partial charge >= 0.3 is 0 Å². The Labute approximate surface area is 107 Å². The number of rotatable bonds is 1. The smallest absolute Gasteiger partial charge is 0.163 e. The highest BCUT2D eigenvalue weighted by Gasteiger charge is 2.10. The second-order valence-corrected chi connectivity index (χ2v) is 4.14. The van der Waals surface area contributed by atoms with Gasteiger partial charge in [0.05, 0.1) is 5.39 Å². The molecule has 3 rings (SSSR count). The molecule has 0 saturated carbocycles. The quantitative estimate of drug-likeness (QED) is 0.465. The molecule has 1 aromatic carbocycles. The number of fused-ring (bicyclic) bond motifs is 1. The molecule has 6 heteroatoms. The molecule has 0 spiro atoms. The van der Waals surface area contributed by atoms with Gasteiger partial charge in [0.15, 0.2) is 17.3 Å². The van der Waals surface area contributed by atoms with Gasteiger partial charge in [0.25, 0.3) is 0 Å². The Kier molecular flexibility index (Phi) is 2.34. The summed E-state index contributed by atoms with van der Waals surface area (Å²) in [5.41, 5.74) is 1.20. The van der Waals surface area contributed by atoms with Gasteiger partial charge in [-0.1, -0.05) is 11.6 Å². The fourth-order valence-electron chi connectivity index (χ4n) is 1.70. The Bertz CT molecular complexity index is 739. The number of H-pyrrole nitrogens is 1. The molecule has 0 bridgehead atoms. The van der Waals surface area contributed by atoms with Crippen LogP contribution in [-0.2, 0) is 0 Å². The third-order valence-corrected chi connectivity index (χ3v) is 2.89. The first kappa shape index (κ1) is 10.9. The van der Waals surface area contributed by atoms with Crippen LogP contribution < -0.4 is 0 Å². The lowest BCUT2D eigenvalue weighted by Crippen LogP contribution is -1.90. The summed E-state index contributed by atoms with van der Waals surface area (Å²) in [5, 5.41) is 19.8. The van der Waals surface area contributed by atoms with E-state index in [-0.39, 0.29) is 11.5 Å². The maximum atomic E-state index is 9.46. The monoisotopic (exact) mass is 261 g/mol. The van der Waals surface area contributed by atoms with Crippen LogP contribution in [0.1, 0.15) is 0 Å². The number of aromatic amines is 1. The Morgan fingerprint density at radius 3 is 2.67 bits per heavy atom. The zero-order valence-corrected chi connectivity index (χ0v) is 9.81. The number of phenols is 2.